The molecule has 0 unspecified atom stereocenters. The van der Waals surface area contributed by atoms with Crippen LogP contribution in [0.2, 0.25) is 0 Å². The molecular formula is C13H19N3O5. The highest BCUT2D eigenvalue weighted by Gasteiger charge is 2.49. The summed E-state index contributed by atoms with van der Waals surface area (Å²) < 4.78 is 0. The van der Waals surface area contributed by atoms with Crippen molar-refractivity contribution in [2.75, 3.05) is 0 Å². The normalized spacial score (nSPS) is 25.2. The number of hydrogen-bond donors (Lipinski definition) is 2. The zero-order valence-corrected chi connectivity index (χ0v) is 12.2. The molecule has 1 fully saturated rings. The lowest BCUT2D eigenvalue weighted by molar-refractivity contribution is -0.164. The van der Waals surface area contributed by atoms with E-state index in [0.29, 0.717) is 4.90 Å². The number of nitrogens with two attached hydrogens (primary N) is 1. The molecule has 0 aromatic rings. The standard InChI is InChI=1S/C13H19N3O5/c1-7(14)11(20)15-8(2)12(21)16-10(19)5-4-9(18)13(16,3)6-17/h6-8H,4-5,14H2,1-3H3,(H,15,20)/t7-,8-,13-/m0/s1. The minimum atomic E-state index is -1.82. The zero-order chi connectivity index (χ0) is 16.4. The Labute approximate surface area is 122 Å². The number of ketones is 1. The number of carbonyl (C=O) groups excluding carboxylic acids is 5. The molecule has 1 aliphatic rings. The van der Waals surface area contributed by atoms with E-state index in [-0.39, 0.29) is 19.1 Å². The van der Waals surface area contributed by atoms with E-state index in [1.807, 2.05) is 0 Å². The monoisotopic (exact) mass is 297 g/mol. The summed E-state index contributed by atoms with van der Waals surface area (Å²) in [6, 6.07) is -1.89. The van der Waals surface area contributed by atoms with E-state index in [4.69, 9.17) is 5.73 Å². The van der Waals surface area contributed by atoms with Gasteiger partial charge in [0.05, 0.1) is 6.04 Å². The van der Waals surface area contributed by atoms with E-state index in [0.717, 1.165) is 0 Å². The summed E-state index contributed by atoms with van der Waals surface area (Å²) >= 11 is 0. The second-order valence-electron chi connectivity index (χ2n) is 5.27. The molecule has 0 aromatic heterocycles. The van der Waals surface area contributed by atoms with Crippen molar-refractivity contribution in [2.24, 2.45) is 5.73 Å². The summed E-state index contributed by atoms with van der Waals surface area (Å²) in [6.45, 7) is 4.02. The maximum atomic E-state index is 12.3. The van der Waals surface area contributed by atoms with Crippen molar-refractivity contribution < 1.29 is 24.0 Å². The molecule has 1 aliphatic heterocycles. The van der Waals surface area contributed by atoms with Crippen LogP contribution in [0.3, 0.4) is 0 Å². The van der Waals surface area contributed by atoms with Gasteiger partial charge in [0.15, 0.2) is 17.6 Å². The maximum Gasteiger partial charge on any atom is 0.252 e. The molecule has 1 rings (SSSR count). The molecule has 0 saturated carbocycles. The summed E-state index contributed by atoms with van der Waals surface area (Å²) in [6.07, 6.45) is 0.0603. The molecular weight excluding hydrogens is 278 g/mol. The molecule has 1 saturated heterocycles. The molecule has 0 bridgehead atoms. The lowest BCUT2D eigenvalue weighted by Crippen LogP contribution is -2.65. The summed E-state index contributed by atoms with van der Waals surface area (Å²) in [7, 11) is 0. The van der Waals surface area contributed by atoms with Crippen LogP contribution in [-0.2, 0) is 24.0 Å². The van der Waals surface area contributed by atoms with E-state index in [9.17, 15) is 24.0 Å². The summed E-state index contributed by atoms with van der Waals surface area (Å²) in [5, 5.41) is 2.34. The number of Topliss-reactive ketones (excluding diaryl/α,β-unsaturated/α-hetero) is 1. The van der Waals surface area contributed by atoms with Gasteiger partial charge in [-0.05, 0) is 20.8 Å². The minimum absolute atomic E-state index is 0.0849. The Kier molecular flexibility index (Phi) is 4.95. The SMILES string of the molecule is C[C@H](N)C(=O)N[C@@H](C)C(=O)N1C(=O)CCC(=O)[C@]1(C)C=O. The van der Waals surface area contributed by atoms with Crippen molar-refractivity contribution in [2.45, 2.75) is 51.2 Å². The Balaban J connectivity index is 3.01. The van der Waals surface area contributed by atoms with E-state index < -0.39 is 41.1 Å². The third kappa shape index (κ3) is 3.15. The molecule has 3 atom stereocenters. The largest absolute Gasteiger partial charge is 0.343 e. The molecule has 0 aromatic carbocycles. The van der Waals surface area contributed by atoms with E-state index in [2.05, 4.69) is 5.32 Å². The van der Waals surface area contributed by atoms with Gasteiger partial charge in [-0.1, -0.05) is 0 Å². The topological polar surface area (TPSA) is 127 Å². The number of aldehydes is 1. The number of likely N-dealkylation sites (tertiary alicyclic amines) is 1. The second-order valence-corrected chi connectivity index (χ2v) is 5.27. The van der Waals surface area contributed by atoms with E-state index in [1.54, 1.807) is 0 Å². The second kappa shape index (κ2) is 6.13. The molecule has 21 heavy (non-hydrogen) atoms. The smallest absolute Gasteiger partial charge is 0.252 e. The average Bonchev–Trinajstić information content (AvgIpc) is 2.42. The Morgan fingerprint density at radius 3 is 2.38 bits per heavy atom. The van der Waals surface area contributed by atoms with Crippen molar-refractivity contribution in [3.63, 3.8) is 0 Å². The van der Waals surface area contributed by atoms with Crippen LogP contribution in [0.1, 0.15) is 33.6 Å². The Morgan fingerprint density at radius 2 is 1.90 bits per heavy atom. The van der Waals surface area contributed by atoms with Gasteiger partial charge in [0.25, 0.3) is 5.91 Å². The Hall–Kier alpha value is -2.09. The van der Waals surface area contributed by atoms with Crippen LogP contribution in [0.15, 0.2) is 0 Å². The van der Waals surface area contributed by atoms with E-state index >= 15 is 0 Å². The van der Waals surface area contributed by atoms with Gasteiger partial charge in [-0.2, -0.15) is 0 Å². The fraction of sp³-hybridized carbons (Fsp3) is 0.615. The average molecular weight is 297 g/mol. The third-order valence-corrected chi connectivity index (χ3v) is 3.44. The van der Waals surface area contributed by atoms with Gasteiger partial charge in [0.2, 0.25) is 11.8 Å². The number of carbonyl (C=O) groups is 5. The third-order valence-electron chi connectivity index (χ3n) is 3.44. The van der Waals surface area contributed by atoms with Crippen molar-refractivity contribution in [3.8, 4) is 0 Å². The van der Waals surface area contributed by atoms with Gasteiger partial charge in [-0.3, -0.25) is 24.1 Å². The summed E-state index contributed by atoms with van der Waals surface area (Å²) in [5.41, 5.74) is 3.56. The first kappa shape index (κ1) is 17.0. The first-order valence-corrected chi connectivity index (χ1v) is 6.57. The molecule has 1 heterocycles. The molecule has 3 N–H and O–H groups in total. The van der Waals surface area contributed by atoms with Gasteiger partial charge >= 0.3 is 0 Å². The molecule has 0 spiro atoms. The summed E-state index contributed by atoms with van der Waals surface area (Å²) in [4.78, 5) is 59.5. The Morgan fingerprint density at radius 1 is 1.33 bits per heavy atom. The van der Waals surface area contributed by atoms with Gasteiger partial charge in [0, 0.05) is 12.8 Å². The van der Waals surface area contributed by atoms with Gasteiger partial charge < -0.3 is 15.8 Å². The molecule has 8 heteroatoms. The lowest BCUT2D eigenvalue weighted by Gasteiger charge is -2.39. The van der Waals surface area contributed by atoms with Crippen molar-refractivity contribution >= 4 is 29.8 Å². The van der Waals surface area contributed by atoms with Crippen LogP contribution in [0.5, 0.6) is 0 Å². The van der Waals surface area contributed by atoms with Crippen molar-refractivity contribution in [1.29, 1.82) is 0 Å². The number of imide groups is 1. The number of piperidine rings is 1. The first-order chi connectivity index (χ1) is 9.65. The number of rotatable bonds is 4. The fourth-order valence-electron chi connectivity index (χ4n) is 2.04. The molecule has 3 amide bonds. The van der Waals surface area contributed by atoms with Gasteiger partial charge in [-0.25, -0.2) is 0 Å². The van der Waals surface area contributed by atoms with Crippen molar-refractivity contribution in [1.82, 2.24) is 10.2 Å². The maximum absolute atomic E-state index is 12.3. The van der Waals surface area contributed by atoms with Crippen molar-refractivity contribution in [3.05, 3.63) is 0 Å². The fourth-order valence-corrected chi connectivity index (χ4v) is 2.04. The van der Waals surface area contributed by atoms with Crippen LogP contribution >= 0.6 is 0 Å². The first-order valence-electron chi connectivity index (χ1n) is 6.57. The molecule has 8 nitrogen and oxygen atoms in total. The van der Waals surface area contributed by atoms with Crippen LogP contribution in [0.25, 0.3) is 0 Å². The van der Waals surface area contributed by atoms with Crippen LogP contribution in [0.4, 0.5) is 0 Å². The van der Waals surface area contributed by atoms with Gasteiger partial charge in [-0.15, -0.1) is 0 Å². The highest BCUT2D eigenvalue weighted by molar-refractivity contribution is 6.15. The predicted octanol–water partition coefficient (Wildman–Crippen LogP) is -1.49. The Bertz CT molecular complexity index is 502. The van der Waals surface area contributed by atoms with Crippen LogP contribution in [-0.4, -0.2) is 52.3 Å². The highest BCUT2D eigenvalue weighted by atomic mass is 16.2. The number of nitrogens with zero attached hydrogens (tertiary/aromatic N) is 1. The quantitative estimate of drug-likeness (QED) is 0.481. The molecule has 116 valence electrons. The zero-order valence-electron chi connectivity index (χ0n) is 12.2. The number of nitrogens with one attached hydrogen (secondary N) is 1. The van der Waals surface area contributed by atoms with Crippen LogP contribution in [0, 0.1) is 0 Å². The predicted molar refractivity (Wildman–Crippen MR) is 71.8 cm³/mol. The van der Waals surface area contributed by atoms with Gasteiger partial charge in [0.1, 0.15) is 6.04 Å². The number of amides is 3. The molecule has 0 aliphatic carbocycles. The highest BCUT2D eigenvalue weighted by Crippen LogP contribution is 2.25. The minimum Gasteiger partial charge on any atom is -0.343 e. The van der Waals surface area contributed by atoms with E-state index in [1.165, 1.54) is 20.8 Å². The number of hydrogen-bond acceptors (Lipinski definition) is 6. The lowest BCUT2D eigenvalue weighted by atomic mass is 9.87. The molecule has 0 radical (unpaired) electrons. The van der Waals surface area contributed by atoms with Crippen LogP contribution < -0.4 is 11.1 Å². The summed E-state index contributed by atoms with van der Waals surface area (Å²) in [5.74, 6) is -2.50.